The molecule has 2 aliphatic heterocycles. The minimum Gasteiger partial charge on any atom is -0.486 e. The van der Waals surface area contributed by atoms with Crippen molar-refractivity contribution in [3.8, 4) is 11.5 Å². The summed E-state index contributed by atoms with van der Waals surface area (Å²) in [7, 11) is 0. The minimum atomic E-state index is -0.471. The molecular weight excluding hydrogens is 386 g/mol. The predicted octanol–water partition coefficient (Wildman–Crippen LogP) is 2.72. The molecule has 2 amide bonds. The maximum Gasteiger partial charge on any atom is 0.307 e. The Kier molecular flexibility index (Phi) is 5.44. The van der Waals surface area contributed by atoms with Crippen molar-refractivity contribution in [2.24, 2.45) is 11.8 Å². The van der Waals surface area contributed by atoms with E-state index in [0.717, 1.165) is 25.7 Å². The molecule has 1 saturated carbocycles. The fraction of sp³-hybridized carbons (Fsp3) is 0.550. The number of likely N-dealkylation sites (tertiary alicyclic amines) is 1. The van der Waals surface area contributed by atoms with Gasteiger partial charge in [-0.1, -0.05) is 24.4 Å². The molecule has 0 unspecified atom stereocenters. The van der Waals surface area contributed by atoms with Crippen LogP contribution in [0.15, 0.2) is 12.1 Å². The maximum absolute atomic E-state index is 12.4. The number of halogens is 1. The highest BCUT2D eigenvalue weighted by Gasteiger charge is 2.47. The van der Waals surface area contributed by atoms with E-state index in [2.05, 4.69) is 0 Å². The van der Waals surface area contributed by atoms with Crippen LogP contribution in [0.1, 0.15) is 37.7 Å². The van der Waals surface area contributed by atoms with Crippen molar-refractivity contribution >= 4 is 29.4 Å². The summed E-state index contributed by atoms with van der Waals surface area (Å²) in [5, 5.41) is 0.402. The van der Waals surface area contributed by atoms with Crippen molar-refractivity contribution in [3.63, 3.8) is 0 Å². The Labute approximate surface area is 167 Å². The summed E-state index contributed by atoms with van der Waals surface area (Å²) in [5.74, 6) is -0.117. The van der Waals surface area contributed by atoms with Crippen LogP contribution < -0.4 is 9.47 Å². The summed E-state index contributed by atoms with van der Waals surface area (Å²) in [6.07, 6.45) is 3.47. The topological polar surface area (TPSA) is 82.1 Å². The Morgan fingerprint density at radius 2 is 1.79 bits per heavy atom. The fourth-order valence-corrected chi connectivity index (χ4v) is 4.43. The van der Waals surface area contributed by atoms with Crippen molar-refractivity contribution in [1.82, 2.24) is 4.90 Å². The molecule has 8 heteroatoms. The molecule has 0 radical (unpaired) electrons. The van der Waals surface area contributed by atoms with Crippen LogP contribution in [-0.2, 0) is 25.7 Å². The lowest BCUT2D eigenvalue weighted by Crippen LogP contribution is -2.33. The maximum atomic E-state index is 12.4. The first-order chi connectivity index (χ1) is 13.5. The number of rotatable bonds is 5. The Morgan fingerprint density at radius 3 is 2.50 bits per heavy atom. The zero-order valence-electron chi connectivity index (χ0n) is 15.4. The minimum absolute atomic E-state index is 0.0186. The number of fused-ring (bicyclic) bond motifs is 2. The van der Waals surface area contributed by atoms with Crippen molar-refractivity contribution < 1.29 is 28.6 Å². The first kappa shape index (κ1) is 19.1. The van der Waals surface area contributed by atoms with E-state index in [9.17, 15) is 14.4 Å². The molecular formula is C20H22ClNO6. The number of esters is 1. The summed E-state index contributed by atoms with van der Waals surface area (Å²) < 4.78 is 16.2. The third kappa shape index (κ3) is 3.68. The summed E-state index contributed by atoms with van der Waals surface area (Å²) in [6, 6.07) is 3.40. The summed E-state index contributed by atoms with van der Waals surface area (Å²) in [5.41, 5.74) is 0.682. The fourth-order valence-electron chi connectivity index (χ4n) is 4.14. The third-order valence-electron chi connectivity index (χ3n) is 5.53. The zero-order chi connectivity index (χ0) is 19.7. The molecule has 4 rings (SSSR count). The number of carbonyl (C=O) groups excluding carboxylic acids is 3. The van der Waals surface area contributed by atoms with E-state index in [0.29, 0.717) is 35.3 Å². The summed E-state index contributed by atoms with van der Waals surface area (Å²) in [4.78, 5) is 38.2. The van der Waals surface area contributed by atoms with Crippen LogP contribution in [0.25, 0.3) is 0 Å². The van der Waals surface area contributed by atoms with Gasteiger partial charge >= 0.3 is 5.97 Å². The highest BCUT2D eigenvalue weighted by Crippen LogP contribution is 2.39. The summed E-state index contributed by atoms with van der Waals surface area (Å²) >= 11 is 6.17. The van der Waals surface area contributed by atoms with Gasteiger partial charge in [0.15, 0.2) is 11.5 Å². The molecule has 1 aromatic carbocycles. The molecule has 0 aromatic heterocycles. The summed E-state index contributed by atoms with van der Waals surface area (Å²) in [6.45, 7) is 0.983. The average molecular weight is 408 g/mol. The zero-order valence-corrected chi connectivity index (χ0v) is 16.2. The lowest BCUT2D eigenvalue weighted by molar-refractivity contribution is -0.146. The first-order valence-corrected chi connectivity index (χ1v) is 10.0. The first-order valence-electron chi connectivity index (χ1n) is 9.63. The van der Waals surface area contributed by atoms with Crippen molar-refractivity contribution in [2.75, 3.05) is 19.8 Å². The standard InChI is InChI=1S/C20H22ClNO6/c21-15-9-12(10-16-18(15)27-8-7-26-16)11-28-17(23)5-6-22-19(24)13-3-1-2-4-14(13)20(22)25/h9-10,13-14H,1-8,11H2/t13-,14+. The number of amides is 2. The van der Waals surface area contributed by atoms with Crippen LogP contribution in [0.5, 0.6) is 11.5 Å². The van der Waals surface area contributed by atoms with Gasteiger partial charge in [-0.25, -0.2) is 0 Å². The molecule has 2 atom stereocenters. The quantitative estimate of drug-likeness (QED) is 0.551. The van der Waals surface area contributed by atoms with Crippen LogP contribution in [0.2, 0.25) is 5.02 Å². The number of benzene rings is 1. The molecule has 0 bridgehead atoms. The second kappa shape index (κ2) is 7.99. The number of hydrogen-bond acceptors (Lipinski definition) is 6. The number of carbonyl (C=O) groups is 3. The number of imide groups is 1. The molecule has 0 N–H and O–H groups in total. The Bertz CT molecular complexity index is 786. The van der Waals surface area contributed by atoms with Crippen LogP contribution in [0.3, 0.4) is 0 Å². The van der Waals surface area contributed by atoms with Gasteiger partial charge < -0.3 is 14.2 Å². The number of ether oxygens (including phenoxy) is 3. The molecule has 2 heterocycles. The van der Waals surface area contributed by atoms with Gasteiger partial charge in [-0.2, -0.15) is 0 Å². The lowest BCUT2D eigenvalue weighted by Gasteiger charge is -2.20. The predicted molar refractivity (Wildman–Crippen MR) is 99.0 cm³/mol. The highest BCUT2D eigenvalue weighted by molar-refractivity contribution is 6.32. The molecule has 150 valence electrons. The monoisotopic (exact) mass is 407 g/mol. The molecule has 7 nitrogen and oxygen atoms in total. The van der Waals surface area contributed by atoms with Crippen LogP contribution in [-0.4, -0.2) is 42.4 Å². The highest BCUT2D eigenvalue weighted by atomic mass is 35.5. The second-order valence-electron chi connectivity index (χ2n) is 7.34. The van der Waals surface area contributed by atoms with E-state index < -0.39 is 5.97 Å². The van der Waals surface area contributed by atoms with E-state index >= 15 is 0 Å². The van der Waals surface area contributed by atoms with Crippen molar-refractivity contribution in [1.29, 1.82) is 0 Å². The third-order valence-corrected chi connectivity index (χ3v) is 5.81. The van der Waals surface area contributed by atoms with E-state index in [-0.39, 0.29) is 43.2 Å². The number of nitrogens with zero attached hydrogens (tertiary/aromatic N) is 1. The van der Waals surface area contributed by atoms with Gasteiger partial charge in [0.2, 0.25) is 11.8 Å². The van der Waals surface area contributed by atoms with Gasteiger partial charge in [0, 0.05) is 6.54 Å². The Morgan fingerprint density at radius 1 is 1.11 bits per heavy atom. The molecule has 1 aromatic rings. The normalized spacial score (nSPS) is 23.5. The molecule has 2 fully saturated rings. The average Bonchev–Trinajstić information content (AvgIpc) is 2.95. The molecule has 1 saturated heterocycles. The van der Waals surface area contributed by atoms with Gasteiger partial charge in [-0.05, 0) is 30.5 Å². The van der Waals surface area contributed by atoms with Crippen molar-refractivity contribution in [3.05, 3.63) is 22.7 Å². The van der Waals surface area contributed by atoms with E-state index in [4.69, 9.17) is 25.8 Å². The second-order valence-corrected chi connectivity index (χ2v) is 7.75. The Balaban J connectivity index is 1.30. The molecule has 0 spiro atoms. The van der Waals surface area contributed by atoms with Crippen LogP contribution in [0, 0.1) is 11.8 Å². The van der Waals surface area contributed by atoms with E-state index in [1.807, 2.05) is 0 Å². The van der Waals surface area contributed by atoms with Gasteiger partial charge in [-0.3, -0.25) is 19.3 Å². The van der Waals surface area contributed by atoms with Gasteiger partial charge in [0.25, 0.3) is 0 Å². The lowest BCUT2D eigenvalue weighted by atomic mass is 9.81. The van der Waals surface area contributed by atoms with Crippen LogP contribution in [0.4, 0.5) is 0 Å². The van der Waals surface area contributed by atoms with E-state index in [1.54, 1.807) is 12.1 Å². The molecule has 28 heavy (non-hydrogen) atoms. The SMILES string of the molecule is O=C(CCN1C(=O)[C@H]2CCCC[C@H]2C1=O)OCc1cc(Cl)c2c(c1)OCCO2. The smallest absolute Gasteiger partial charge is 0.307 e. The van der Waals surface area contributed by atoms with E-state index in [1.165, 1.54) is 4.90 Å². The van der Waals surface area contributed by atoms with Crippen molar-refractivity contribution in [2.45, 2.75) is 38.7 Å². The Hall–Kier alpha value is -2.28. The largest absolute Gasteiger partial charge is 0.486 e. The van der Waals surface area contributed by atoms with Gasteiger partial charge in [-0.15, -0.1) is 0 Å². The van der Waals surface area contributed by atoms with Gasteiger partial charge in [0.1, 0.15) is 19.8 Å². The van der Waals surface area contributed by atoms with Gasteiger partial charge in [0.05, 0.1) is 23.3 Å². The molecule has 3 aliphatic rings. The number of hydrogen-bond donors (Lipinski definition) is 0. The van der Waals surface area contributed by atoms with Crippen LogP contribution >= 0.6 is 11.6 Å². The molecule has 1 aliphatic carbocycles.